The van der Waals surface area contributed by atoms with Crippen molar-refractivity contribution in [3.8, 4) is 11.3 Å². The van der Waals surface area contributed by atoms with Gasteiger partial charge in [0, 0.05) is 37.1 Å². The molecule has 2 aromatic carbocycles. The molecule has 39 heavy (non-hydrogen) atoms. The Bertz CT molecular complexity index is 1400. The van der Waals surface area contributed by atoms with Crippen LogP contribution in [0.3, 0.4) is 0 Å². The molecule has 202 valence electrons. The third-order valence-electron chi connectivity index (χ3n) is 7.21. The molecule has 1 aliphatic rings. The molecule has 1 amide bonds. The Morgan fingerprint density at radius 2 is 1.79 bits per heavy atom. The molecule has 2 aromatic heterocycles. The van der Waals surface area contributed by atoms with Crippen LogP contribution in [-0.4, -0.2) is 44.7 Å². The van der Waals surface area contributed by atoms with Crippen molar-refractivity contribution in [2.45, 2.75) is 64.1 Å². The van der Waals surface area contributed by atoms with Gasteiger partial charge in [0.05, 0.1) is 11.8 Å². The van der Waals surface area contributed by atoms with Crippen LogP contribution in [0.1, 0.15) is 61.4 Å². The standard InChI is InChI=1S/C31H36N6O2/c1-2-3-16-32-31-35-20-27(29(37-31)36-25-11-13-26(38)14-12-25)30(39)34-19-21-8-15-28(33-18-21)24-10-9-22-6-4-5-7-23(22)17-24/h4-10,15,17-18,20,25-26,38H,2-3,11-14,16,19H2,1H3,(H,34,39)(H2,32,35,36,37). The Labute approximate surface area is 229 Å². The summed E-state index contributed by atoms with van der Waals surface area (Å²) in [5.74, 6) is 0.784. The van der Waals surface area contributed by atoms with Crippen LogP contribution in [0.15, 0.2) is 67.0 Å². The molecule has 5 rings (SSSR count). The lowest BCUT2D eigenvalue weighted by Crippen LogP contribution is -2.31. The van der Waals surface area contributed by atoms with Crippen molar-refractivity contribution in [2.75, 3.05) is 17.2 Å². The predicted molar refractivity (Wildman–Crippen MR) is 156 cm³/mol. The lowest BCUT2D eigenvalue weighted by molar-refractivity contribution is 0.0950. The number of benzene rings is 2. The number of hydrogen-bond acceptors (Lipinski definition) is 7. The number of nitrogens with zero attached hydrogens (tertiary/aromatic N) is 3. The predicted octanol–water partition coefficient (Wildman–Crippen LogP) is 5.55. The SMILES string of the molecule is CCCCNc1ncc(C(=O)NCc2ccc(-c3ccc4ccccc4c3)nc2)c(NC2CCC(O)CC2)n1. The number of aromatic nitrogens is 3. The number of rotatable bonds is 10. The first kappa shape index (κ1) is 26.6. The number of nitrogens with one attached hydrogen (secondary N) is 3. The zero-order chi connectivity index (χ0) is 27.0. The fourth-order valence-electron chi connectivity index (χ4n) is 4.86. The molecule has 0 aliphatic heterocycles. The van der Waals surface area contributed by atoms with Crippen LogP contribution >= 0.6 is 0 Å². The minimum Gasteiger partial charge on any atom is -0.393 e. The lowest BCUT2D eigenvalue weighted by atomic mass is 9.93. The van der Waals surface area contributed by atoms with Crippen molar-refractivity contribution >= 4 is 28.4 Å². The van der Waals surface area contributed by atoms with Gasteiger partial charge in [0.1, 0.15) is 11.4 Å². The van der Waals surface area contributed by atoms with Gasteiger partial charge in [0.25, 0.3) is 5.91 Å². The molecule has 0 atom stereocenters. The number of carbonyl (C=O) groups is 1. The number of anilines is 2. The van der Waals surface area contributed by atoms with Gasteiger partial charge in [-0.05, 0) is 60.6 Å². The first-order chi connectivity index (χ1) is 19.1. The van der Waals surface area contributed by atoms with Crippen LogP contribution in [0, 0.1) is 0 Å². The highest BCUT2D eigenvalue weighted by Crippen LogP contribution is 2.25. The monoisotopic (exact) mass is 524 g/mol. The fourth-order valence-corrected chi connectivity index (χ4v) is 4.86. The summed E-state index contributed by atoms with van der Waals surface area (Å²) < 4.78 is 0. The number of hydrogen-bond donors (Lipinski definition) is 4. The zero-order valence-corrected chi connectivity index (χ0v) is 22.4. The molecule has 8 heteroatoms. The van der Waals surface area contributed by atoms with E-state index in [1.165, 1.54) is 10.8 Å². The average molecular weight is 525 g/mol. The summed E-state index contributed by atoms with van der Waals surface area (Å²) in [6, 6.07) is 18.7. The van der Waals surface area contributed by atoms with Crippen molar-refractivity contribution in [2.24, 2.45) is 0 Å². The summed E-state index contributed by atoms with van der Waals surface area (Å²) in [6.07, 6.45) is 8.38. The first-order valence-corrected chi connectivity index (χ1v) is 13.9. The van der Waals surface area contributed by atoms with E-state index in [4.69, 9.17) is 0 Å². The Kier molecular flexibility index (Phi) is 8.63. The summed E-state index contributed by atoms with van der Waals surface area (Å²) in [6.45, 7) is 3.25. The number of unbranched alkanes of at least 4 members (excludes halogenated alkanes) is 1. The van der Waals surface area contributed by atoms with Crippen molar-refractivity contribution in [1.29, 1.82) is 0 Å². The number of fused-ring (bicyclic) bond motifs is 1. The lowest BCUT2D eigenvalue weighted by Gasteiger charge is -2.27. The summed E-state index contributed by atoms with van der Waals surface area (Å²) in [5.41, 5.74) is 3.25. The molecular formula is C31H36N6O2. The van der Waals surface area contributed by atoms with Crippen molar-refractivity contribution in [3.63, 3.8) is 0 Å². The van der Waals surface area contributed by atoms with E-state index in [1.54, 1.807) is 12.4 Å². The van der Waals surface area contributed by atoms with Crippen molar-refractivity contribution in [3.05, 3.63) is 78.1 Å². The summed E-state index contributed by atoms with van der Waals surface area (Å²) >= 11 is 0. The molecule has 0 bridgehead atoms. The largest absolute Gasteiger partial charge is 0.393 e. The van der Waals surface area contributed by atoms with Gasteiger partial charge in [-0.3, -0.25) is 9.78 Å². The van der Waals surface area contributed by atoms with Crippen LogP contribution in [0.2, 0.25) is 0 Å². The Morgan fingerprint density at radius 3 is 2.56 bits per heavy atom. The van der Waals surface area contributed by atoms with Crippen LogP contribution in [0.4, 0.5) is 11.8 Å². The second-order valence-electron chi connectivity index (χ2n) is 10.2. The van der Waals surface area contributed by atoms with Gasteiger partial charge in [-0.2, -0.15) is 4.98 Å². The van der Waals surface area contributed by atoms with Crippen molar-refractivity contribution < 1.29 is 9.90 Å². The van der Waals surface area contributed by atoms with Gasteiger partial charge in [-0.15, -0.1) is 0 Å². The average Bonchev–Trinajstić information content (AvgIpc) is 2.97. The van der Waals surface area contributed by atoms with Crippen molar-refractivity contribution in [1.82, 2.24) is 20.3 Å². The van der Waals surface area contributed by atoms with Gasteiger partial charge >= 0.3 is 0 Å². The quantitative estimate of drug-likeness (QED) is 0.201. The Morgan fingerprint density at radius 1 is 0.974 bits per heavy atom. The second kappa shape index (κ2) is 12.7. The molecular weight excluding hydrogens is 488 g/mol. The zero-order valence-electron chi connectivity index (χ0n) is 22.4. The summed E-state index contributed by atoms with van der Waals surface area (Å²) in [7, 11) is 0. The van der Waals surface area contributed by atoms with E-state index >= 15 is 0 Å². The first-order valence-electron chi connectivity index (χ1n) is 13.9. The minimum absolute atomic E-state index is 0.158. The third-order valence-corrected chi connectivity index (χ3v) is 7.21. The maximum absolute atomic E-state index is 13.2. The van der Waals surface area contributed by atoms with Crippen LogP contribution in [0.25, 0.3) is 22.0 Å². The van der Waals surface area contributed by atoms with E-state index in [0.717, 1.165) is 61.9 Å². The topological polar surface area (TPSA) is 112 Å². The summed E-state index contributed by atoms with van der Waals surface area (Å²) in [5, 5.41) is 21.9. The number of pyridine rings is 1. The highest BCUT2D eigenvalue weighted by Gasteiger charge is 2.22. The molecule has 1 aliphatic carbocycles. The number of amides is 1. The molecule has 8 nitrogen and oxygen atoms in total. The van der Waals surface area contributed by atoms with Crippen LogP contribution in [0.5, 0.6) is 0 Å². The number of aliphatic hydroxyl groups excluding tert-OH is 1. The minimum atomic E-state index is -0.247. The van der Waals surface area contributed by atoms with Crippen LogP contribution < -0.4 is 16.0 Å². The number of aliphatic hydroxyl groups is 1. The Balaban J connectivity index is 1.26. The van der Waals surface area contributed by atoms with Gasteiger partial charge < -0.3 is 21.1 Å². The smallest absolute Gasteiger partial charge is 0.256 e. The second-order valence-corrected chi connectivity index (χ2v) is 10.2. The van der Waals surface area contributed by atoms with E-state index in [9.17, 15) is 9.90 Å². The van der Waals surface area contributed by atoms with Gasteiger partial charge in [-0.1, -0.05) is 55.8 Å². The summed E-state index contributed by atoms with van der Waals surface area (Å²) in [4.78, 5) is 26.9. The van der Waals surface area contributed by atoms with E-state index in [-0.39, 0.29) is 18.1 Å². The molecule has 0 radical (unpaired) electrons. The van der Waals surface area contributed by atoms with E-state index in [0.29, 0.717) is 23.9 Å². The molecule has 1 fully saturated rings. The normalized spacial score (nSPS) is 17.1. The maximum atomic E-state index is 13.2. The van der Waals surface area contributed by atoms with E-state index in [1.807, 2.05) is 24.3 Å². The highest BCUT2D eigenvalue weighted by molar-refractivity contribution is 5.98. The Hall–Kier alpha value is -4.04. The van der Waals surface area contributed by atoms with Crippen LogP contribution in [-0.2, 0) is 6.54 Å². The van der Waals surface area contributed by atoms with Gasteiger partial charge in [-0.25, -0.2) is 4.98 Å². The molecule has 4 aromatic rings. The highest BCUT2D eigenvalue weighted by atomic mass is 16.3. The fraction of sp³-hybridized carbons (Fsp3) is 0.355. The number of carbonyl (C=O) groups excluding carboxylic acids is 1. The molecule has 2 heterocycles. The molecule has 0 unspecified atom stereocenters. The molecule has 0 spiro atoms. The third kappa shape index (κ3) is 6.89. The maximum Gasteiger partial charge on any atom is 0.256 e. The van der Waals surface area contributed by atoms with Gasteiger partial charge in [0.15, 0.2) is 0 Å². The molecule has 4 N–H and O–H groups in total. The molecule has 1 saturated carbocycles. The van der Waals surface area contributed by atoms with E-state index in [2.05, 4.69) is 68.2 Å². The molecule has 0 saturated heterocycles. The van der Waals surface area contributed by atoms with E-state index < -0.39 is 0 Å². The van der Waals surface area contributed by atoms with Gasteiger partial charge in [0.2, 0.25) is 5.95 Å².